The van der Waals surface area contributed by atoms with Crippen LogP contribution in [0.5, 0.6) is 0 Å². The van der Waals surface area contributed by atoms with Gasteiger partial charge in [0.25, 0.3) is 5.91 Å². The first-order chi connectivity index (χ1) is 13.0. The highest BCUT2D eigenvalue weighted by Crippen LogP contribution is 2.23. The molecule has 0 spiro atoms. The Morgan fingerprint density at radius 1 is 1.37 bits per heavy atom. The fourth-order valence-electron chi connectivity index (χ4n) is 3.12. The molecule has 4 amide bonds. The Morgan fingerprint density at radius 3 is 2.96 bits per heavy atom. The van der Waals surface area contributed by atoms with Crippen molar-refractivity contribution in [3.8, 4) is 0 Å². The smallest absolute Gasteiger partial charge is 0.324 e. The highest BCUT2D eigenvalue weighted by molar-refractivity contribution is 6.31. The Balaban J connectivity index is 1.58. The number of hydrogen-bond acceptors (Lipinski definition) is 3. The van der Waals surface area contributed by atoms with Crippen LogP contribution in [0.4, 0.5) is 4.79 Å². The van der Waals surface area contributed by atoms with Gasteiger partial charge in [-0.1, -0.05) is 17.7 Å². The lowest BCUT2D eigenvalue weighted by Gasteiger charge is -2.12. The quantitative estimate of drug-likeness (QED) is 0.478. The van der Waals surface area contributed by atoms with Gasteiger partial charge in [0.15, 0.2) is 0 Å². The first-order valence-corrected chi connectivity index (χ1v) is 9.12. The number of urea groups is 1. The maximum absolute atomic E-state index is 12.5. The Bertz CT molecular complexity index is 892. The van der Waals surface area contributed by atoms with Crippen LogP contribution in [-0.2, 0) is 16.0 Å². The lowest BCUT2D eigenvalue weighted by atomic mass is 10.1. The molecule has 1 aliphatic rings. The molecule has 0 unspecified atom stereocenters. The minimum atomic E-state index is -0.663. The standard InChI is InChI=1S/C19H21ClN4O3/c1-2-8-21-17(25)6-5-16-18(26)24(19(27)23-16)9-7-12-11-22-15-4-3-13(20)10-14(12)15/h2-4,10-11,16,22H,1,5-9H2,(H,21,25)(H,23,27)/t16-/m0/s1. The van der Waals surface area contributed by atoms with Gasteiger partial charge in [0.2, 0.25) is 5.91 Å². The Morgan fingerprint density at radius 2 is 2.19 bits per heavy atom. The predicted molar refractivity (Wildman–Crippen MR) is 103 cm³/mol. The van der Waals surface area contributed by atoms with Gasteiger partial charge in [-0.3, -0.25) is 14.5 Å². The summed E-state index contributed by atoms with van der Waals surface area (Å²) in [5.41, 5.74) is 1.94. The maximum atomic E-state index is 12.5. The van der Waals surface area contributed by atoms with Crippen LogP contribution < -0.4 is 10.6 Å². The summed E-state index contributed by atoms with van der Waals surface area (Å²) in [6.45, 7) is 4.17. The molecule has 1 aromatic heterocycles. The molecule has 7 nitrogen and oxygen atoms in total. The van der Waals surface area contributed by atoms with Gasteiger partial charge >= 0.3 is 6.03 Å². The number of amides is 4. The number of carbonyl (C=O) groups is 3. The molecule has 27 heavy (non-hydrogen) atoms. The topological polar surface area (TPSA) is 94.3 Å². The number of benzene rings is 1. The fourth-order valence-corrected chi connectivity index (χ4v) is 3.30. The number of halogens is 1. The average molecular weight is 389 g/mol. The van der Waals surface area contributed by atoms with Crippen molar-refractivity contribution < 1.29 is 14.4 Å². The second-order valence-corrected chi connectivity index (χ2v) is 6.81. The summed E-state index contributed by atoms with van der Waals surface area (Å²) in [5, 5.41) is 6.91. The molecular formula is C19H21ClN4O3. The SMILES string of the molecule is C=CCNC(=O)CC[C@@H]1NC(=O)N(CCc2c[nH]c3ccc(Cl)cc23)C1=O. The zero-order valence-corrected chi connectivity index (χ0v) is 15.5. The van der Waals surface area contributed by atoms with Crippen molar-refractivity contribution in [2.45, 2.75) is 25.3 Å². The van der Waals surface area contributed by atoms with Crippen molar-refractivity contribution in [3.05, 3.63) is 47.6 Å². The van der Waals surface area contributed by atoms with E-state index in [9.17, 15) is 14.4 Å². The average Bonchev–Trinajstić information content (AvgIpc) is 3.16. The molecule has 1 fully saturated rings. The molecule has 0 aliphatic carbocycles. The van der Waals surface area contributed by atoms with E-state index in [0.717, 1.165) is 16.5 Å². The van der Waals surface area contributed by atoms with Crippen molar-refractivity contribution in [1.29, 1.82) is 0 Å². The Labute approximate surface area is 161 Å². The zero-order valence-electron chi connectivity index (χ0n) is 14.8. The van der Waals surface area contributed by atoms with Crippen LogP contribution in [-0.4, -0.2) is 46.9 Å². The third-order valence-electron chi connectivity index (χ3n) is 4.54. The Kier molecular flexibility index (Phi) is 5.81. The molecule has 1 saturated heterocycles. The van der Waals surface area contributed by atoms with E-state index in [0.29, 0.717) is 18.0 Å². The molecular weight excluding hydrogens is 368 g/mol. The van der Waals surface area contributed by atoms with Crippen LogP contribution in [0.25, 0.3) is 10.9 Å². The van der Waals surface area contributed by atoms with Crippen LogP contribution in [0, 0.1) is 0 Å². The zero-order chi connectivity index (χ0) is 19.4. The number of nitrogens with zero attached hydrogens (tertiary/aromatic N) is 1. The van der Waals surface area contributed by atoms with Crippen molar-refractivity contribution >= 4 is 40.3 Å². The highest BCUT2D eigenvalue weighted by Gasteiger charge is 2.37. The summed E-state index contributed by atoms with van der Waals surface area (Å²) in [6.07, 6.45) is 4.40. The molecule has 0 bridgehead atoms. The monoisotopic (exact) mass is 388 g/mol. The summed E-state index contributed by atoms with van der Waals surface area (Å²) in [6, 6.07) is 4.47. The normalized spacial score (nSPS) is 16.6. The number of imide groups is 1. The second-order valence-electron chi connectivity index (χ2n) is 6.38. The number of carbonyl (C=O) groups excluding carboxylic acids is 3. The van der Waals surface area contributed by atoms with Gasteiger partial charge in [-0.25, -0.2) is 4.79 Å². The van der Waals surface area contributed by atoms with Crippen LogP contribution >= 0.6 is 11.6 Å². The van der Waals surface area contributed by atoms with E-state index in [1.807, 2.05) is 18.3 Å². The second kappa shape index (κ2) is 8.26. The Hall–Kier alpha value is -2.80. The number of rotatable bonds is 8. The van der Waals surface area contributed by atoms with Gasteiger partial charge in [0.05, 0.1) is 0 Å². The lowest BCUT2D eigenvalue weighted by Crippen LogP contribution is -2.34. The highest BCUT2D eigenvalue weighted by atomic mass is 35.5. The molecule has 1 atom stereocenters. The summed E-state index contributed by atoms with van der Waals surface area (Å²) in [7, 11) is 0. The van der Waals surface area contributed by atoms with E-state index in [2.05, 4.69) is 22.2 Å². The molecule has 142 valence electrons. The summed E-state index contributed by atoms with van der Waals surface area (Å²) < 4.78 is 0. The van der Waals surface area contributed by atoms with Crippen molar-refractivity contribution in [2.24, 2.45) is 0 Å². The molecule has 0 radical (unpaired) electrons. The minimum Gasteiger partial charge on any atom is -0.361 e. The van der Waals surface area contributed by atoms with Crippen LogP contribution in [0.1, 0.15) is 18.4 Å². The van der Waals surface area contributed by atoms with Crippen molar-refractivity contribution in [1.82, 2.24) is 20.5 Å². The summed E-state index contributed by atoms with van der Waals surface area (Å²) in [5.74, 6) is -0.472. The number of nitrogens with one attached hydrogen (secondary N) is 3. The molecule has 1 aliphatic heterocycles. The fraction of sp³-hybridized carbons (Fsp3) is 0.316. The molecule has 2 heterocycles. The molecule has 3 rings (SSSR count). The van der Waals surface area contributed by atoms with Crippen molar-refractivity contribution in [3.63, 3.8) is 0 Å². The molecule has 3 N–H and O–H groups in total. The largest absolute Gasteiger partial charge is 0.361 e. The minimum absolute atomic E-state index is 0.166. The van der Waals surface area contributed by atoms with Crippen molar-refractivity contribution in [2.75, 3.05) is 13.1 Å². The molecule has 2 aromatic rings. The molecule has 0 saturated carbocycles. The predicted octanol–water partition coefficient (Wildman–Crippen LogP) is 2.37. The van der Waals surface area contributed by atoms with E-state index in [1.165, 1.54) is 4.90 Å². The van der Waals surface area contributed by atoms with Gasteiger partial charge in [-0.2, -0.15) is 0 Å². The van der Waals surface area contributed by atoms with Gasteiger partial charge in [-0.05, 0) is 36.6 Å². The number of aromatic nitrogens is 1. The number of hydrogen-bond donors (Lipinski definition) is 3. The summed E-state index contributed by atoms with van der Waals surface area (Å²) in [4.78, 5) is 40.6. The first kappa shape index (κ1) is 19.0. The van der Waals surface area contributed by atoms with Gasteiger partial charge in [0.1, 0.15) is 6.04 Å². The van der Waals surface area contributed by atoms with E-state index >= 15 is 0 Å². The van der Waals surface area contributed by atoms with Crippen LogP contribution in [0.15, 0.2) is 37.1 Å². The van der Waals surface area contributed by atoms with Crippen LogP contribution in [0.3, 0.4) is 0 Å². The van der Waals surface area contributed by atoms with E-state index in [4.69, 9.17) is 11.6 Å². The molecule has 1 aromatic carbocycles. The van der Waals surface area contributed by atoms with Gasteiger partial charge < -0.3 is 15.6 Å². The molecule has 8 heteroatoms. The third kappa shape index (κ3) is 4.31. The van der Waals surface area contributed by atoms with Crippen LogP contribution in [0.2, 0.25) is 5.02 Å². The summed E-state index contributed by atoms with van der Waals surface area (Å²) >= 11 is 6.05. The number of aromatic amines is 1. The van der Waals surface area contributed by atoms with E-state index in [-0.39, 0.29) is 31.2 Å². The van der Waals surface area contributed by atoms with E-state index in [1.54, 1.807) is 12.1 Å². The lowest BCUT2D eigenvalue weighted by molar-refractivity contribution is -0.127. The number of H-pyrrole nitrogens is 1. The maximum Gasteiger partial charge on any atom is 0.324 e. The third-order valence-corrected chi connectivity index (χ3v) is 4.78. The van der Waals surface area contributed by atoms with E-state index < -0.39 is 12.1 Å². The van der Waals surface area contributed by atoms with Gasteiger partial charge in [-0.15, -0.1) is 6.58 Å². The van der Waals surface area contributed by atoms with Gasteiger partial charge in [0, 0.05) is 41.6 Å². The number of fused-ring (bicyclic) bond motifs is 1. The first-order valence-electron chi connectivity index (χ1n) is 8.74.